The molecule has 4 N–H and O–H groups in total. The average molecular weight is 290 g/mol. The van der Waals surface area contributed by atoms with Crippen molar-refractivity contribution in [3.63, 3.8) is 0 Å². The number of nitrogens with zero attached hydrogens (tertiary/aromatic N) is 1. The minimum atomic E-state index is -0.198. The van der Waals surface area contributed by atoms with E-state index in [2.05, 4.69) is 27.8 Å². The highest BCUT2D eigenvalue weighted by Gasteiger charge is 2.20. The van der Waals surface area contributed by atoms with Crippen molar-refractivity contribution < 1.29 is 4.79 Å². The zero-order valence-corrected chi connectivity index (χ0v) is 12.0. The highest BCUT2D eigenvalue weighted by atomic mass is 32.1. The van der Waals surface area contributed by atoms with Crippen LogP contribution in [0.25, 0.3) is 10.1 Å². The van der Waals surface area contributed by atoms with Crippen LogP contribution in [0.1, 0.15) is 15.2 Å². The van der Waals surface area contributed by atoms with E-state index < -0.39 is 0 Å². The van der Waals surface area contributed by atoms with E-state index in [1.807, 2.05) is 12.1 Å². The number of hydrogen-bond donors (Lipinski definition) is 3. The van der Waals surface area contributed by atoms with Gasteiger partial charge in [0.05, 0.1) is 4.88 Å². The second-order valence-electron chi connectivity index (χ2n) is 4.91. The molecule has 1 saturated heterocycles. The second-order valence-corrected chi connectivity index (χ2v) is 5.96. The summed E-state index contributed by atoms with van der Waals surface area (Å²) >= 11 is 1.51. The molecular weight excluding hydrogens is 272 g/mol. The Morgan fingerprint density at radius 3 is 2.85 bits per heavy atom. The third-order valence-corrected chi connectivity index (χ3v) is 4.84. The number of nitrogen functional groups attached to an aromatic ring is 1. The molecule has 2 heterocycles. The number of hydrazine groups is 1. The topological polar surface area (TPSA) is 70.4 Å². The fraction of sp³-hybridized carbons (Fsp3) is 0.357. The molecule has 0 saturated carbocycles. The number of benzene rings is 1. The quantitative estimate of drug-likeness (QED) is 0.446. The number of amides is 1. The number of hydrogen-bond acceptors (Lipinski definition) is 5. The lowest BCUT2D eigenvalue weighted by Crippen LogP contribution is -2.43. The largest absolute Gasteiger partial charge is 0.314 e. The molecule has 0 spiro atoms. The second kappa shape index (κ2) is 5.88. The first-order valence-electron chi connectivity index (χ1n) is 6.74. The Balaban J connectivity index is 1.99. The zero-order chi connectivity index (χ0) is 13.9. The van der Waals surface area contributed by atoms with Crippen LogP contribution >= 0.6 is 11.3 Å². The predicted molar refractivity (Wildman–Crippen MR) is 81.6 cm³/mol. The Bertz CT molecular complexity index is 619. The molecule has 1 fully saturated rings. The standard InChI is InChI=1S/C14H18N4OS/c15-17-14(19)13-11(9-18-7-5-16-6-8-18)10-3-1-2-4-12(10)20-13/h1-4,16H,5-9,15H2,(H,17,19). The summed E-state index contributed by atoms with van der Waals surface area (Å²) in [6.45, 7) is 4.82. The van der Waals surface area contributed by atoms with Crippen LogP contribution in [0, 0.1) is 0 Å². The molecule has 5 nitrogen and oxygen atoms in total. The van der Waals surface area contributed by atoms with Gasteiger partial charge in [-0.1, -0.05) is 18.2 Å². The minimum Gasteiger partial charge on any atom is -0.314 e. The summed E-state index contributed by atoms with van der Waals surface area (Å²) in [5, 5.41) is 4.50. The van der Waals surface area contributed by atoms with E-state index in [9.17, 15) is 4.79 Å². The molecule has 2 aromatic rings. The number of piperazine rings is 1. The van der Waals surface area contributed by atoms with Crippen LogP contribution in [-0.2, 0) is 6.54 Å². The lowest BCUT2D eigenvalue weighted by Gasteiger charge is -2.27. The van der Waals surface area contributed by atoms with Gasteiger partial charge in [-0.25, -0.2) is 5.84 Å². The number of nitrogens with one attached hydrogen (secondary N) is 2. The molecule has 1 aliphatic heterocycles. The third kappa shape index (κ3) is 2.55. The normalized spacial score (nSPS) is 16.4. The van der Waals surface area contributed by atoms with Crippen LogP contribution < -0.4 is 16.6 Å². The van der Waals surface area contributed by atoms with Gasteiger partial charge in [-0.3, -0.25) is 15.1 Å². The molecular formula is C14H18N4OS. The summed E-state index contributed by atoms with van der Waals surface area (Å²) in [6.07, 6.45) is 0. The average Bonchev–Trinajstić information content (AvgIpc) is 2.86. The summed E-state index contributed by atoms with van der Waals surface area (Å²) in [7, 11) is 0. The van der Waals surface area contributed by atoms with Crippen molar-refractivity contribution in [1.82, 2.24) is 15.6 Å². The fourth-order valence-electron chi connectivity index (χ4n) is 2.60. The number of thiophene rings is 1. The van der Waals surface area contributed by atoms with Crippen LogP contribution in [0.2, 0.25) is 0 Å². The Morgan fingerprint density at radius 1 is 1.35 bits per heavy atom. The van der Waals surface area contributed by atoms with Gasteiger partial charge in [-0.05, 0) is 17.0 Å². The lowest BCUT2D eigenvalue weighted by atomic mass is 10.1. The van der Waals surface area contributed by atoms with Crippen molar-refractivity contribution in [1.29, 1.82) is 0 Å². The van der Waals surface area contributed by atoms with E-state index in [4.69, 9.17) is 5.84 Å². The lowest BCUT2D eigenvalue weighted by molar-refractivity contribution is 0.0955. The highest BCUT2D eigenvalue weighted by Crippen LogP contribution is 2.32. The molecule has 1 amide bonds. The molecule has 0 aliphatic carbocycles. The summed E-state index contributed by atoms with van der Waals surface area (Å²) in [5.41, 5.74) is 3.35. The maximum Gasteiger partial charge on any atom is 0.275 e. The first kappa shape index (κ1) is 13.5. The maximum absolute atomic E-state index is 12.0. The molecule has 0 atom stereocenters. The van der Waals surface area contributed by atoms with Gasteiger partial charge in [0.15, 0.2) is 0 Å². The maximum atomic E-state index is 12.0. The van der Waals surface area contributed by atoms with Gasteiger partial charge in [-0.2, -0.15) is 0 Å². The van der Waals surface area contributed by atoms with Crippen molar-refractivity contribution in [3.05, 3.63) is 34.7 Å². The summed E-state index contributed by atoms with van der Waals surface area (Å²) in [4.78, 5) is 15.1. The molecule has 1 aromatic carbocycles. The Kier molecular flexibility index (Phi) is 3.98. The number of nitrogens with two attached hydrogens (primary N) is 1. The number of fused-ring (bicyclic) bond motifs is 1. The Labute approximate surface area is 121 Å². The van der Waals surface area contributed by atoms with Crippen LogP contribution in [0.4, 0.5) is 0 Å². The Hall–Kier alpha value is -1.47. The summed E-state index contributed by atoms with van der Waals surface area (Å²) in [5.74, 6) is 5.11. The van der Waals surface area contributed by atoms with Gasteiger partial charge in [-0.15, -0.1) is 11.3 Å². The van der Waals surface area contributed by atoms with E-state index in [-0.39, 0.29) is 5.91 Å². The molecule has 20 heavy (non-hydrogen) atoms. The predicted octanol–water partition coefficient (Wildman–Crippen LogP) is 0.910. The van der Waals surface area contributed by atoms with Gasteiger partial charge in [0.25, 0.3) is 5.91 Å². The SMILES string of the molecule is NNC(=O)c1sc2ccccc2c1CN1CCNCC1. The van der Waals surface area contributed by atoms with Crippen LogP contribution in [0.15, 0.2) is 24.3 Å². The molecule has 0 radical (unpaired) electrons. The number of rotatable bonds is 3. The Morgan fingerprint density at radius 2 is 2.10 bits per heavy atom. The molecule has 106 valence electrons. The van der Waals surface area contributed by atoms with E-state index in [1.165, 1.54) is 11.3 Å². The molecule has 3 rings (SSSR count). The van der Waals surface area contributed by atoms with Gasteiger partial charge >= 0.3 is 0 Å². The van der Waals surface area contributed by atoms with Gasteiger partial charge in [0.2, 0.25) is 0 Å². The molecule has 6 heteroatoms. The number of carbonyl (C=O) groups is 1. The highest BCUT2D eigenvalue weighted by molar-refractivity contribution is 7.21. The smallest absolute Gasteiger partial charge is 0.275 e. The monoisotopic (exact) mass is 290 g/mol. The summed E-state index contributed by atoms with van der Waals surface area (Å²) in [6, 6.07) is 8.14. The van der Waals surface area contributed by atoms with Gasteiger partial charge in [0, 0.05) is 37.4 Å². The van der Waals surface area contributed by atoms with Crippen LogP contribution in [0.3, 0.4) is 0 Å². The van der Waals surface area contributed by atoms with Crippen molar-refractivity contribution in [2.24, 2.45) is 5.84 Å². The van der Waals surface area contributed by atoms with E-state index in [0.717, 1.165) is 53.3 Å². The van der Waals surface area contributed by atoms with E-state index in [0.29, 0.717) is 0 Å². The summed E-state index contributed by atoms with van der Waals surface area (Å²) < 4.78 is 1.14. The fourth-order valence-corrected chi connectivity index (χ4v) is 3.71. The molecule has 0 unspecified atom stereocenters. The van der Waals surface area contributed by atoms with Crippen molar-refractivity contribution in [2.75, 3.05) is 26.2 Å². The van der Waals surface area contributed by atoms with Crippen LogP contribution in [0.5, 0.6) is 0 Å². The zero-order valence-electron chi connectivity index (χ0n) is 11.2. The third-order valence-electron chi connectivity index (χ3n) is 3.63. The number of carbonyl (C=O) groups excluding carboxylic acids is 1. The van der Waals surface area contributed by atoms with Crippen LogP contribution in [-0.4, -0.2) is 37.0 Å². The van der Waals surface area contributed by atoms with Crippen molar-refractivity contribution in [3.8, 4) is 0 Å². The van der Waals surface area contributed by atoms with E-state index in [1.54, 1.807) is 0 Å². The van der Waals surface area contributed by atoms with Crippen molar-refractivity contribution >= 4 is 27.3 Å². The van der Waals surface area contributed by atoms with E-state index >= 15 is 0 Å². The first-order valence-corrected chi connectivity index (χ1v) is 7.55. The molecule has 1 aromatic heterocycles. The molecule has 0 bridgehead atoms. The van der Waals surface area contributed by atoms with Gasteiger partial charge < -0.3 is 5.32 Å². The minimum absolute atomic E-state index is 0.198. The first-order chi connectivity index (χ1) is 9.79. The molecule has 1 aliphatic rings. The van der Waals surface area contributed by atoms with Crippen molar-refractivity contribution in [2.45, 2.75) is 6.54 Å². The van der Waals surface area contributed by atoms with Gasteiger partial charge in [0.1, 0.15) is 0 Å².